The van der Waals surface area contributed by atoms with E-state index in [4.69, 9.17) is 9.84 Å². The second kappa shape index (κ2) is 6.60. The van der Waals surface area contributed by atoms with Crippen molar-refractivity contribution in [2.75, 3.05) is 25.1 Å². The van der Waals surface area contributed by atoms with E-state index in [0.29, 0.717) is 0 Å². The molecule has 1 aliphatic rings. The van der Waals surface area contributed by atoms with Crippen LogP contribution in [0.15, 0.2) is 6.07 Å². The number of carboxylic acids is 1. The maximum Gasteiger partial charge on any atom is 0.339 e. The minimum Gasteiger partial charge on any atom is -0.478 e. The lowest BCUT2D eigenvalue weighted by Crippen LogP contribution is -2.16. The van der Waals surface area contributed by atoms with Crippen LogP contribution in [0.25, 0.3) is 0 Å². The molecule has 2 rings (SSSR count). The van der Waals surface area contributed by atoms with Crippen molar-refractivity contribution in [2.24, 2.45) is 0 Å². The number of hydrogen-bond acceptors (Lipinski definition) is 4. The van der Waals surface area contributed by atoms with E-state index in [1.807, 2.05) is 0 Å². The predicted octanol–water partition coefficient (Wildman–Crippen LogP) is 1.96. The quantitative estimate of drug-likeness (QED) is 0.750. The minimum atomic E-state index is -2.50. The highest BCUT2D eigenvalue weighted by Crippen LogP contribution is 2.25. The van der Waals surface area contributed by atoms with Gasteiger partial charge in [0, 0.05) is 12.2 Å². The van der Waals surface area contributed by atoms with Gasteiger partial charge < -0.3 is 15.2 Å². The van der Waals surface area contributed by atoms with Crippen molar-refractivity contribution < 1.29 is 23.4 Å². The molecule has 0 aliphatic heterocycles. The number of fused-ring (bicyclic) bond motifs is 1. The van der Waals surface area contributed by atoms with Crippen molar-refractivity contribution in [3.63, 3.8) is 0 Å². The summed E-state index contributed by atoms with van der Waals surface area (Å²) in [4.78, 5) is 15.5. The highest BCUT2D eigenvalue weighted by molar-refractivity contribution is 5.93. The second-order valence-corrected chi connectivity index (χ2v) is 4.54. The molecule has 7 heteroatoms. The number of nitrogens with zero attached hydrogens (tertiary/aromatic N) is 1. The molecule has 0 saturated heterocycles. The molecule has 0 unspecified atom stereocenters. The SMILES string of the molecule is O=C(O)c1cc2c(nc1NCCOCC(F)F)CCC2. The van der Waals surface area contributed by atoms with Crippen molar-refractivity contribution in [3.05, 3.63) is 22.9 Å². The molecule has 5 nitrogen and oxygen atoms in total. The molecule has 2 N–H and O–H groups in total. The zero-order valence-corrected chi connectivity index (χ0v) is 10.9. The fourth-order valence-electron chi connectivity index (χ4n) is 2.18. The van der Waals surface area contributed by atoms with Crippen LogP contribution in [0.5, 0.6) is 0 Å². The van der Waals surface area contributed by atoms with Crippen LogP contribution in [0.3, 0.4) is 0 Å². The highest BCUT2D eigenvalue weighted by atomic mass is 19.3. The number of aryl methyl sites for hydroxylation is 2. The zero-order valence-electron chi connectivity index (χ0n) is 10.9. The van der Waals surface area contributed by atoms with E-state index >= 15 is 0 Å². The topological polar surface area (TPSA) is 71.5 Å². The summed E-state index contributed by atoms with van der Waals surface area (Å²) in [6, 6.07) is 1.64. The van der Waals surface area contributed by atoms with Crippen molar-refractivity contribution in [1.29, 1.82) is 0 Å². The van der Waals surface area contributed by atoms with Gasteiger partial charge in [0.1, 0.15) is 18.0 Å². The van der Waals surface area contributed by atoms with Gasteiger partial charge in [0.2, 0.25) is 0 Å². The Bertz CT molecular complexity index is 495. The smallest absolute Gasteiger partial charge is 0.339 e. The number of aromatic carboxylic acids is 1. The van der Waals surface area contributed by atoms with Crippen LogP contribution in [0.1, 0.15) is 28.0 Å². The van der Waals surface area contributed by atoms with Crippen LogP contribution in [-0.2, 0) is 17.6 Å². The summed E-state index contributed by atoms with van der Waals surface area (Å²) in [6.45, 7) is -0.313. The van der Waals surface area contributed by atoms with Crippen LogP contribution in [0.4, 0.5) is 14.6 Å². The molecule has 1 aromatic rings. The van der Waals surface area contributed by atoms with Gasteiger partial charge in [-0.1, -0.05) is 0 Å². The number of alkyl halides is 2. The normalized spacial score (nSPS) is 13.6. The Morgan fingerprint density at radius 1 is 1.50 bits per heavy atom. The third-order valence-corrected chi connectivity index (χ3v) is 3.06. The Morgan fingerprint density at radius 2 is 2.30 bits per heavy atom. The molecule has 0 spiro atoms. The predicted molar refractivity (Wildman–Crippen MR) is 68.5 cm³/mol. The molecule has 0 radical (unpaired) electrons. The first-order chi connectivity index (χ1) is 9.58. The maximum absolute atomic E-state index is 11.9. The number of carbonyl (C=O) groups is 1. The van der Waals surface area contributed by atoms with Crippen molar-refractivity contribution in [1.82, 2.24) is 4.98 Å². The van der Waals surface area contributed by atoms with Crippen LogP contribution in [0, 0.1) is 0 Å². The number of hydrogen-bond donors (Lipinski definition) is 2. The first-order valence-corrected chi connectivity index (χ1v) is 6.43. The summed E-state index contributed by atoms with van der Waals surface area (Å²) in [6.07, 6.45) is 0.164. The van der Waals surface area contributed by atoms with Gasteiger partial charge in [-0.15, -0.1) is 0 Å². The lowest BCUT2D eigenvalue weighted by molar-refractivity contribution is 0.0215. The molecule has 1 aliphatic carbocycles. The number of ether oxygens (including phenoxy) is 1. The van der Waals surface area contributed by atoms with Crippen LogP contribution in [-0.4, -0.2) is 42.2 Å². The average Bonchev–Trinajstić information content (AvgIpc) is 2.83. The highest BCUT2D eigenvalue weighted by Gasteiger charge is 2.19. The number of rotatable bonds is 7. The van der Waals surface area contributed by atoms with Gasteiger partial charge in [-0.05, 0) is 30.9 Å². The molecule has 0 aromatic carbocycles. The molecule has 1 heterocycles. The summed E-state index contributed by atoms with van der Waals surface area (Å²) in [5.74, 6) is -0.776. The number of halogens is 2. The van der Waals surface area contributed by atoms with E-state index in [1.54, 1.807) is 6.07 Å². The summed E-state index contributed by atoms with van der Waals surface area (Å²) in [5.41, 5.74) is 1.99. The van der Waals surface area contributed by atoms with Crippen molar-refractivity contribution in [2.45, 2.75) is 25.7 Å². The monoisotopic (exact) mass is 286 g/mol. The number of nitrogens with one attached hydrogen (secondary N) is 1. The standard InChI is InChI=1S/C13H16F2N2O3/c14-11(15)7-20-5-4-16-12-9(13(18)19)6-8-2-1-3-10(8)17-12/h6,11H,1-5,7H2,(H,16,17)(H,18,19). The number of anilines is 1. The Hall–Kier alpha value is -1.76. The van der Waals surface area contributed by atoms with E-state index in [0.717, 1.165) is 30.5 Å². The molecular weight excluding hydrogens is 270 g/mol. The fourth-order valence-corrected chi connectivity index (χ4v) is 2.18. The number of carboxylic acid groups (broad SMARTS) is 1. The Kier molecular flexibility index (Phi) is 4.84. The van der Waals surface area contributed by atoms with E-state index in [-0.39, 0.29) is 24.5 Å². The third kappa shape index (κ3) is 3.63. The molecule has 110 valence electrons. The lowest BCUT2D eigenvalue weighted by Gasteiger charge is -2.11. The number of pyridine rings is 1. The molecule has 20 heavy (non-hydrogen) atoms. The molecule has 0 saturated carbocycles. The van der Waals surface area contributed by atoms with Crippen LogP contribution < -0.4 is 5.32 Å². The Morgan fingerprint density at radius 3 is 3.00 bits per heavy atom. The van der Waals surface area contributed by atoms with Gasteiger partial charge in [-0.2, -0.15) is 0 Å². The maximum atomic E-state index is 11.9. The number of aromatic nitrogens is 1. The van der Waals surface area contributed by atoms with Crippen LogP contribution >= 0.6 is 0 Å². The lowest BCUT2D eigenvalue weighted by atomic mass is 10.1. The zero-order chi connectivity index (χ0) is 14.5. The summed E-state index contributed by atoms with van der Waals surface area (Å²) < 4.78 is 28.5. The van der Waals surface area contributed by atoms with E-state index in [2.05, 4.69) is 10.3 Å². The molecule has 0 amide bonds. The van der Waals surface area contributed by atoms with Crippen molar-refractivity contribution in [3.8, 4) is 0 Å². The van der Waals surface area contributed by atoms with Gasteiger partial charge in [0.25, 0.3) is 6.43 Å². The second-order valence-electron chi connectivity index (χ2n) is 4.54. The molecule has 0 fully saturated rings. The van der Waals surface area contributed by atoms with Crippen molar-refractivity contribution >= 4 is 11.8 Å². The minimum absolute atomic E-state index is 0.0716. The van der Waals surface area contributed by atoms with Gasteiger partial charge in [0.05, 0.1) is 6.61 Å². The summed E-state index contributed by atoms with van der Waals surface area (Å²) in [7, 11) is 0. The molecule has 0 bridgehead atoms. The van der Waals surface area contributed by atoms with Crippen LogP contribution in [0.2, 0.25) is 0 Å². The average molecular weight is 286 g/mol. The van der Waals surface area contributed by atoms with Gasteiger partial charge in [-0.3, -0.25) is 0 Å². The first-order valence-electron chi connectivity index (χ1n) is 6.43. The van der Waals surface area contributed by atoms with E-state index in [9.17, 15) is 13.6 Å². The third-order valence-electron chi connectivity index (χ3n) is 3.06. The van der Waals surface area contributed by atoms with Gasteiger partial charge in [-0.25, -0.2) is 18.6 Å². The van der Waals surface area contributed by atoms with Gasteiger partial charge >= 0.3 is 5.97 Å². The summed E-state index contributed by atoms with van der Waals surface area (Å²) in [5, 5.41) is 12.0. The van der Waals surface area contributed by atoms with Gasteiger partial charge in [0.15, 0.2) is 0 Å². The first kappa shape index (κ1) is 14.6. The Labute approximate surface area is 115 Å². The van der Waals surface area contributed by atoms with E-state index < -0.39 is 19.0 Å². The molecule has 0 atom stereocenters. The Balaban J connectivity index is 1.98. The molecular formula is C13H16F2N2O3. The fraction of sp³-hybridized carbons (Fsp3) is 0.538. The van der Waals surface area contributed by atoms with E-state index in [1.165, 1.54) is 0 Å². The summed E-state index contributed by atoms with van der Waals surface area (Å²) >= 11 is 0. The molecule has 1 aromatic heterocycles. The largest absolute Gasteiger partial charge is 0.478 e.